The second kappa shape index (κ2) is 5.13. The highest BCUT2D eigenvalue weighted by Gasteiger charge is 1.97. The van der Waals surface area contributed by atoms with Crippen molar-refractivity contribution in [3.8, 4) is 5.75 Å². The molecule has 13 heavy (non-hydrogen) atoms. The van der Waals surface area contributed by atoms with Crippen molar-refractivity contribution in [1.29, 1.82) is 0 Å². The monoisotopic (exact) mass is 184 g/mol. The number of carbonyl (C=O) groups excluding carboxylic acids is 1. The van der Waals surface area contributed by atoms with Crippen LogP contribution in [0.5, 0.6) is 5.75 Å². The van der Waals surface area contributed by atoms with Gasteiger partial charge in [0.2, 0.25) is 0 Å². The van der Waals surface area contributed by atoms with Gasteiger partial charge in [0.25, 0.3) is 0 Å². The lowest BCUT2D eigenvalue weighted by Crippen LogP contribution is -2.07. The first kappa shape index (κ1) is 9.51. The zero-order valence-corrected chi connectivity index (χ0v) is 6.90. The molecule has 1 rings (SSSR count). The quantitative estimate of drug-likeness (QED) is 0.531. The molecular weight excluding hydrogens is 175 g/mol. The van der Waals surface area contributed by atoms with Crippen LogP contribution in [0, 0.1) is 0 Å². The van der Waals surface area contributed by atoms with Crippen LogP contribution in [0.25, 0.3) is 0 Å². The molecule has 0 bridgehead atoms. The number of hydrogen-bond acceptors (Lipinski definition) is 3. The summed E-state index contributed by atoms with van der Waals surface area (Å²) in [5, 5.41) is 0. The van der Waals surface area contributed by atoms with E-state index in [1.165, 1.54) is 0 Å². The summed E-state index contributed by atoms with van der Waals surface area (Å²) in [6.45, 7) is 0.0733. The molecule has 1 aromatic rings. The largest absolute Gasteiger partial charge is 0.495 e. The van der Waals surface area contributed by atoms with E-state index in [4.69, 9.17) is 4.74 Å². The van der Waals surface area contributed by atoms with E-state index in [1.54, 1.807) is 12.1 Å². The summed E-state index contributed by atoms with van der Waals surface area (Å²) in [5.74, 6) is 0.664. The molecule has 0 fully saturated rings. The zero-order valence-electron chi connectivity index (χ0n) is 6.90. The van der Waals surface area contributed by atoms with Gasteiger partial charge < -0.3 is 9.47 Å². The van der Waals surface area contributed by atoms with Crippen molar-refractivity contribution < 1.29 is 18.7 Å². The molecule has 70 valence electrons. The van der Waals surface area contributed by atoms with E-state index >= 15 is 0 Å². The maximum atomic E-state index is 11.5. The van der Waals surface area contributed by atoms with Crippen LogP contribution in [-0.2, 0) is 4.74 Å². The topological polar surface area (TPSA) is 35.5 Å². The second-order valence-corrected chi connectivity index (χ2v) is 2.25. The minimum absolute atomic E-state index is 0.0791. The summed E-state index contributed by atoms with van der Waals surface area (Å²) in [7, 11) is 0. The van der Waals surface area contributed by atoms with Gasteiger partial charge in [-0.1, -0.05) is 18.2 Å². The Morgan fingerprint density at radius 1 is 1.23 bits per heavy atom. The Kier molecular flexibility index (Phi) is 3.75. The summed E-state index contributed by atoms with van der Waals surface area (Å²) >= 11 is 0. The van der Waals surface area contributed by atoms with Crippen LogP contribution in [0.4, 0.5) is 9.18 Å². The van der Waals surface area contributed by atoms with Crippen molar-refractivity contribution in [3.63, 3.8) is 0 Å². The number of halogens is 1. The Morgan fingerprint density at radius 2 is 1.92 bits per heavy atom. The predicted octanol–water partition coefficient (Wildman–Crippen LogP) is 2.17. The summed E-state index contributed by atoms with van der Waals surface area (Å²) in [5.41, 5.74) is 0. The molecule has 1 aromatic carbocycles. The molecule has 0 saturated heterocycles. The Labute approximate surface area is 75.1 Å². The SMILES string of the molecule is O=C(F)OCCOc1ccccc1. The highest BCUT2D eigenvalue weighted by Crippen LogP contribution is 2.07. The van der Waals surface area contributed by atoms with Crippen molar-refractivity contribution in [2.24, 2.45) is 0 Å². The van der Waals surface area contributed by atoms with E-state index < -0.39 is 6.22 Å². The van der Waals surface area contributed by atoms with Gasteiger partial charge in [-0.05, 0) is 12.1 Å². The van der Waals surface area contributed by atoms with Crippen LogP contribution in [-0.4, -0.2) is 19.4 Å². The molecule has 0 amide bonds. The number of benzene rings is 1. The van der Waals surface area contributed by atoms with Crippen molar-refractivity contribution >= 4 is 6.22 Å². The standard InChI is InChI=1S/C9H9FO3/c10-9(11)13-7-6-12-8-4-2-1-3-5-8/h1-5H,6-7H2. The lowest BCUT2D eigenvalue weighted by atomic mass is 10.3. The van der Waals surface area contributed by atoms with E-state index in [9.17, 15) is 9.18 Å². The predicted molar refractivity (Wildman–Crippen MR) is 44.4 cm³/mol. The van der Waals surface area contributed by atoms with Gasteiger partial charge in [-0.2, -0.15) is 0 Å². The molecule has 0 aromatic heterocycles. The molecule has 3 nitrogen and oxygen atoms in total. The van der Waals surface area contributed by atoms with E-state index in [2.05, 4.69) is 4.74 Å². The summed E-state index contributed by atoms with van der Waals surface area (Å²) in [6, 6.07) is 9.01. The number of hydrogen-bond donors (Lipinski definition) is 0. The molecule has 0 aliphatic rings. The van der Waals surface area contributed by atoms with Crippen molar-refractivity contribution in [2.75, 3.05) is 13.2 Å². The third kappa shape index (κ3) is 4.10. The molecule has 0 unspecified atom stereocenters. The fraction of sp³-hybridized carbons (Fsp3) is 0.222. The number of para-hydroxylation sites is 1. The van der Waals surface area contributed by atoms with Crippen molar-refractivity contribution in [2.45, 2.75) is 0 Å². The summed E-state index contributed by atoms with van der Waals surface area (Å²) < 4.78 is 20.7. The first-order valence-corrected chi connectivity index (χ1v) is 3.79. The lowest BCUT2D eigenvalue weighted by molar-refractivity contribution is 0.103. The average Bonchev–Trinajstić information content (AvgIpc) is 2.14. The molecule has 0 N–H and O–H groups in total. The van der Waals surface area contributed by atoms with Gasteiger partial charge in [-0.3, -0.25) is 0 Å². The number of carbonyl (C=O) groups is 1. The van der Waals surface area contributed by atoms with Gasteiger partial charge in [0.05, 0.1) is 0 Å². The average molecular weight is 184 g/mol. The molecule has 0 atom stereocenters. The third-order valence-corrected chi connectivity index (χ3v) is 1.31. The molecule has 0 heterocycles. The van der Waals surface area contributed by atoms with Crippen LogP contribution in [0.3, 0.4) is 0 Å². The van der Waals surface area contributed by atoms with Gasteiger partial charge in [0.1, 0.15) is 19.0 Å². The molecule has 0 spiro atoms. The van der Waals surface area contributed by atoms with Crippen molar-refractivity contribution in [1.82, 2.24) is 0 Å². The van der Waals surface area contributed by atoms with Gasteiger partial charge in [0.15, 0.2) is 0 Å². The fourth-order valence-electron chi connectivity index (χ4n) is 0.798. The van der Waals surface area contributed by atoms with Crippen LogP contribution >= 0.6 is 0 Å². The maximum absolute atomic E-state index is 11.5. The molecule has 0 aliphatic carbocycles. The molecule has 0 aliphatic heterocycles. The number of ether oxygens (including phenoxy) is 2. The van der Waals surface area contributed by atoms with Crippen LogP contribution in [0.1, 0.15) is 0 Å². The van der Waals surface area contributed by atoms with Crippen LogP contribution in [0.15, 0.2) is 30.3 Å². The molecular formula is C9H9FO3. The Morgan fingerprint density at radius 3 is 2.54 bits per heavy atom. The number of rotatable bonds is 4. The molecule has 4 heteroatoms. The summed E-state index contributed by atoms with van der Waals surface area (Å²) in [6.07, 6.45) is -1.78. The highest BCUT2D eigenvalue weighted by molar-refractivity contribution is 5.57. The fourth-order valence-corrected chi connectivity index (χ4v) is 0.798. The first-order chi connectivity index (χ1) is 6.29. The normalized spacial score (nSPS) is 9.31. The van der Waals surface area contributed by atoms with Crippen LogP contribution < -0.4 is 4.74 Å². The smallest absolute Gasteiger partial charge is 0.490 e. The van der Waals surface area contributed by atoms with E-state index in [0.29, 0.717) is 5.75 Å². The minimum atomic E-state index is -1.78. The van der Waals surface area contributed by atoms with Crippen molar-refractivity contribution in [3.05, 3.63) is 30.3 Å². The van der Waals surface area contributed by atoms with E-state index in [1.807, 2.05) is 18.2 Å². The first-order valence-electron chi connectivity index (χ1n) is 3.79. The zero-order chi connectivity index (χ0) is 9.52. The Hall–Kier alpha value is -1.58. The van der Waals surface area contributed by atoms with Gasteiger partial charge in [-0.25, -0.2) is 4.79 Å². The summed E-state index contributed by atoms with van der Waals surface area (Å²) in [4.78, 5) is 9.71. The molecule has 0 radical (unpaired) electrons. The van der Waals surface area contributed by atoms with Gasteiger partial charge in [-0.15, -0.1) is 4.39 Å². The van der Waals surface area contributed by atoms with Gasteiger partial charge >= 0.3 is 6.22 Å². The minimum Gasteiger partial charge on any atom is -0.490 e. The van der Waals surface area contributed by atoms with E-state index in [0.717, 1.165) is 0 Å². The maximum Gasteiger partial charge on any atom is 0.495 e. The van der Waals surface area contributed by atoms with Crippen LogP contribution in [0.2, 0.25) is 0 Å². The van der Waals surface area contributed by atoms with Gasteiger partial charge in [0, 0.05) is 0 Å². The molecule has 0 saturated carbocycles. The third-order valence-electron chi connectivity index (χ3n) is 1.31. The Bertz CT molecular complexity index is 261. The van der Waals surface area contributed by atoms with E-state index in [-0.39, 0.29) is 13.2 Å². The lowest BCUT2D eigenvalue weighted by Gasteiger charge is -2.04. The Balaban J connectivity index is 2.17. The second-order valence-electron chi connectivity index (χ2n) is 2.25. The highest BCUT2D eigenvalue weighted by atomic mass is 19.1.